The van der Waals surface area contributed by atoms with Crippen molar-refractivity contribution in [2.75, 3.05) is 13.1 Å². The van der Waals surface area contributed by atoms with Crippen molar-refractivity contribution >= 4 is 17.3 Å². The van der Waals surface area contributed by atoms with Crippen LogP contribution in [0.4, 0.5) is 4.39 Å². The standard InChI is InChI=1S/C22H25FN4O2S/c1-3-24-21(27-15-22(2,28)17-9-10-30-14-17)26-13-16-7-8-20(25-12-16)29-19-6-4-5-18(23)11-19/h4-12,14,28H,3,13,15H2,1-2H3,(H2,24,26,27). The minimum absolute atomic E-state index is 0.328. The quantitative estimate of drug-likeness (QED) is 0.373. The average molecular weight is 429 g/mol. The lowest BCUT2D eigenvalue weighted by atomic mass is 9.99. The fraction of sp³-hybridized carbons (Fsp3) is 0.273. The highest BCUT2D eigenvalue weighted by molar-refractivity contribution is 7.08. The van der Waals surface area contributed by atoms with Crippen molar-refractivity contribution in [2.24, 2.45) is 4.99 Å². The van der Waals surface area contributed by atoms with Crippen LogP contribution in [0.3, 0.4) is 0 Å². The first-order chi connectivity index (χ1) is 14.5. The second-order valence-electron chi connectivity index (χ2n) is 6.90. The highest BCUT2D eigenvalue weighted by Gasteiger charge is 2.23. The molecule has 2 heterocycles. The Morgan fingerprint density at radius 1 is 1.27 bits per heavy atom. The number of halogens is 1. The SMILES string of the molecule is CCNC(=NCc1ccc(Oc2cccc(F)c2)nc1)NCC(C)(O)c1ccsc1. The van der Waals surface area contributed by atoms with Gasteiger partial charge in [0.1, 0.15) is 17.2 Å². The topological polar surface area (TPSA) is 78.8 Å². The molecular formula is C22H25FN4O2S. The maximum atomic E-state index is 13.2. The van der Waals surface area contributed by atoms with E-state index in [0.717, 1.165) is 11.1 Å². The van der Waals surface area contributed by atoms with Gasteiger partial charge < -0.3 is 20.5 Å². The molecule has 1 unspecified atom stereocenters. The molecule has 3 aromatic rings. The van der Waals surface area contributed by atoms with E-state index >= 15 is 0 Å². The monoisotopic (exact) mass is 428 g/mol. The van der Waals surface area contributed by atoms with Gasteiger partial charge >= 0.3 is 0 Å². The number of benzene rings is 1. The highest BCUT2D eigenvalue weighted by Crippen LogP contribution is 2.22. The number of thiophene rings is 1. The Hall–Kier alpha value is -2.97. The fourth-order valence-electron chi connectivity index (χ4n) is 2.66. The zero-order valence-corrected chi connectivity index (χ0v) is 17.7. The van der Waals surface area contributed by atoms with E-state index < -0.39 is 5.60 Å². The Kier molecular flexibility index (Phi) is 7.37. The summed E-state index contributed by atoms with van der Waals surface area (Å²) >= 11 is 1.55. The smallest absolute Gasteiger partial charge is 0.219 e. The van der Waals surface area contributed by atoms with E-state index in [1.165, 1.54) is 12.1 Å². The van der Waals surface area contributed by atoms with Gasteiger partial charge in [-0.3, -0.25) is 0 Å². The Balaban J connectivity index is 1.58. The van der Waals surface area contributed by atoms with Crippen LogP contribution in [-0.4, -0.2) is 29.1 Å². The van der Waals surface area contributed by atoms with Crippen LogP contribution in [-0.2, 0) is 12.1 Å². The highest BCUT2D eigenvalue weighted by atomic mass is 32.1. The third-order valence-electron chi connectivity index (χ3n) is 4.32. The maximum absolute atomic E-state index is 13.2. The van der Waals surface area contributed by atoms with Crippen molar-refractivity contribution in [3.05, 3.63) is 76.4 Å². The predicted octanol–water partition coefficient (Wildman–Crippen LogP) is 4.04. The van der Waals surface area contributed by atoms with Crippen molar-refractivity contribution in [1.29, 1.82) is 0 Å². The number of aliphatic imine (C=N–C) groups is 1. The number of nitrogens with one attached hydrogen (secondary N) is 2. The molecule has 158 valence electrons. The molecular weight excluding hydrogens is 403 g/mol. The third-order valence-corrected chi connectivity index (χ3v) is 5.01. The summed E-state index contributed by atoms with van der Waals surface area (Å²) in [6.07, 6.45) is 1.67. The molecule has 0 saturated carbocycles. The number of aliphatic hydroxyl groups is 1. The van der Waals surface area contributed by atoms with Crippen LogP contribution in [0.1, 0.15) is 25.0 Å². The number of aromatic nitrogens is 1. The van der Waals surface area contributed by atoms with E-state index in [9.17, 15) is 9.50 Å². The van der Waals surface area contributed by atoms with Crippen molar-refractivity contribution in [1.82, 2.24) is 15.6 Å². The minimum Gasteiger partial charge on any atom is -0.439 e. The second kappa shape index (κ2) is 10.2. The lowest BCUT2D eigenvalue weighted by Gasteiger charge is -2.24. The minimum atomic E-state index is -0.992. The summed E-state index contributed by atoms with van der Waals surface area (Å²) in [5.74, 6) is 1.02. The number of ether oxygens (including phenoxy) is 1. The molecule has 0 spiro atoms. The molecule has 0 radical (unpaired) electrons. The summed E-state index contributed by atoms with van der Waals surface area (Å²) in [5.41, 5.74) is 0.769. The Bertz CT molecular complexity index is 960. The number of rotatable bonds is 8. The largest absolute Gasteiger partial charge is 0.439 e. The molecule has 1 atom stereocenters. The van der Waals surface area contributed by atoms with Crippen LogP contribution in [0, 0.1) is 5.82 Å². The molecule has 8 heteroatoms. The summed E-state index contributed by atoms with van der Waals surface area (Å²) in [4.78, 5) is 8.80. The molecule has 0 aliphatic carbocycles. The second-order valence-corrected chi connectivity index (χ2v) is 7.68. The molecule has 0 aliphatic heterocycles. The van der Waals surface area contributed by atoms with Crippen LogP contribution in [0.15, 0.2) is 64.4 Å². The molecule has 0 saturated heterocycles. The van der Waals surface area contributed by atoms with E-state index in [-0.39, 0.29) is 5.82 Å². The number of guanidine groups is 1. The Labute approximate surface area is 179 Å². The van der Waals surface area contributed by atoms with Gasteiger partial charge in [-0.15, -0.1) is 0 Å². The molecule has 0 fully saturated rings. The van der Waals surface area contributed by atoms with Crippen molar-refractivity contribution in [2.45, 2.75) is 26.0 Å². The first kappa shape index (κ1) is 21.7. The summed E-state index contributed by atoms with van der Waals surface area (Å²) in [7, 11) is 0. The molecule has 6 nitrogen and oxygen atoms in total. The van der Waals surface area contributed by atoms with E-state index in [4.69, 9.17) is 4.74 Å². The van der Waals surface area contributed by atoms with Crippen LogP contribution in [0.25, 0.3) is 0 Å². The van der Waals surface area contributed by atoms with Crippen LogP contribution < -0.4 is 15.4 Å². The summed E-state index contributed by atoms with van der Waals surface area (Å²) in [6, 6.07) is 11.4. The van der Waals surface area contributed by atoms with E-state index in [2.05, 4.69) is 20.6 Å². The van der Waals surface area contributed by atoms with Gasteiger partial charge in [0.25, 0.3) is 0 Å². The van der Waals surface area contributed by atoms with Crippen LogP contribution in [0.2, 0.25) is 0 Å². The molecule has 3 rings (SSSR count). The predicted molar refractivity (Wildman–Crippen MR) is 117 cm³/mol. The van der Waals surface area contributed by atoms with Crippen molar-refractivity contribution < 1.29 is 14.2 Å². The van der Waals surface area contributed by atoms with Crippen LogP contribution in [0.5, 0.6) is 11.6 Å². The van der Waals surface area contributed by atoms with Gasteiger partial charge in [0, 0.05) is 24.9 Å². The van der Waals surface area contributed by atoms with Gasteiger partial charge in [-0.1, -0.05) is 12.1 Å². The van der Waals surface area contributed by atoms with Crippen molar-refractivity contribution in [3.63, 3.8) is 0 Å². The zero-order valence-electron chi connectivity index (χ0n) is 16.9. The number of hydrogen-bond acceptors (Lipinski definition) is 5. The fourth-order valence-corrected chi connectivity index (χ4v) is 3.44. The summed E-state index contributed by atoms with van der Waals surface area (Å²) in [6.45, 7) is 5.18. The number of nitrogens with zero attached hydrogens (tertiary/aromatic N) is 2. The van der Waals surface area contributed by atoms with Crippen molar-refractivity contribution in [3.8, 4) is 11.6 Å². The molecule has 0 aliphatic rings. The van der Waals surface area contributed by atoms with Gasteiger partial charge in [0.15, 0.2) is 5.96 Å². The zero-order chi connectivity index (χ0) is 21.4. The van der Waals surface area contributed by atoms with E-state index in [0.29, 0.717) is 37.2 Å². The van der Waals surface area contributed by atoms with Gasteiger partial charge in [-0.2, -0.15) is 11.3 Å². The first-order valence-corrected chi connectivity index (χ1v) is 10.6. The van der Waals surface area contributed by atoms with E-state index in [1.807, 2.05) is 29.8 Å². The third kappa shape index (κ3) is 6.27. The first-order valence-electron chi connectivity index (χ1n) is 9.62. The van der Waals surface area contributed by atoms with Crippen LogP contribution >= 0.6 is 11.3 Å². The maximum Gasteiger partial charge on any atom is 0.219 e. The van der Waals surface area contributed by atoms with Gasteiger partial charge in [0.05, 0.1) is 13.1 Å². The lowest BCUT2D eigenvalue weighted by Crippen LogP contribution is -2.44. The summed E-state index contributed by atoms with van der Waals surface area (Å²) < 4.78 is 18.8. The molecule has 3 N–H and O–H groups in total. The molecule has 2 aromatic heterocycles. The van der Waals surface area contributed by atoms with E-state index in [1.54, 1.807) is 42.7 Å². The lowest BCUT2D eigenvalue weighted by molar-refractivity contribution is 0.0621. The van der Waals surface area contributed by atoms with Gasteiger partial charge in [-0.05, 0) is 53.9 Å². The number of pyridine rings is 1. The molecule has 1 aromatic carbocycles. The average Bonchev–Trinajstić information content (AvgIpc) is 3.27. The molecule has 0 amide bonds. The molecule has 0 bridgehead atoms. The molecule has 30 heavy (non-hydrogen) atoms. The van der Waals surface area contributed by atoms with Gasteiger partial charge in [-0.25, -0.2) is 14.4 Å². The Morgan fingerprint density at radius 3 is 2.80 bits per heavy atom. The van der Waals surface area contributed by atoms with Gasteiger partial charge in [0.2, 0.25) is 5.88 Å². The normalized spacial score (nSPS) is 13.5. The summed E-state index contributed by atoms with van der Waals surface area (Å²) in [5, 5.41) is 20.9. The Morgan fingerprint density at radius 2 is 2.13 bits per heavy atom. The number of hydrogen-bond donors (Lipinski definition) is 3.